The van der Waals surface area contributed by atoms with E-state index in [2.05, 4.69) is 22.0 Å². The molecule has 1 amide bonds. The molecule has 110 valence electrons. The minimum atomic E-state index is 0.381. The number of amides is 1. The smallest absolute Gasteiger partial charge is 0.222 e. The summed E-state index contributed by atoms with van der Waals surface area (Å²) in [5, 5.41) is 3.40. The Morgan fingerprint density at radius 1 is 1.26 bits per heavy atom. The monoisotopic (exact) mass is 267 g/mol. The van der Waals surface area contributed by atoms with Crippen molar-refractivity contribution in [2.24, 2.45) is 5.92 Å². The minimum Gasteiger partial charge on any atom is -0.342 e. The van der Waals surface area contributed by atoms with Crippen LogP contribution in [-0.2, 0) is 4.79 Å². The number of carbonyl (C=O) groups is 1. The SMILES string of the molecule is CCCCC(=O)N1CCCC(CN2CCNCC2)C1. The number of nitrogens with one attached hydrogen (secondary N) is 1. The summed E-state index contributed by atoms with van der Waals surface area (Å²) in [7, 11) is 0. The standard InChI is InChI=1S/C15H29N3O/c1-2-3-6-15(19)18-9-4-5-14(13-18)12-17-10-7-16-8-11-17/h14,16H,2-13H2,1H3. The zero-order chi connectivity index (χ0) is 13.5. The second-order valence-electron chi connectivity index (χ2n) is 6.00. The molecule has 0 radical (unpaired) electrons. The van der Waals surface area contributed by atoms with Gasteiger partial charge < -0.3 is 15.1 Å². The van der Waals surface area contributed by atoms with Crippen LogP contribution in [0.1, 0.15) is 39.0 Å². The Bertz CT molecular complexity index is 277. The van der Waals surface area contributed by atoms with Gasteiger partial charge >= 0.3 is 0 Å². The highest BCUT2D eigenvalue weighted by molar-refractivity contribution is 5.76. The van der Waals surface area contributed by atoms with Gasteiger partial charge in [0.15, 0.2) is 0 Å². The highest BCUT2D eigenvalue weighted by Gasteiger charge is 2.25. The van der Waals surface area contributed by atoms with Crippen LogP contribution < -0.4 is 5.32 Å². The molecule has 0 aromatic rings. The minimum absolute atomic E-state index is 0.381. The van der Waals surface area contributed by atoms with Crippen LogP contribution >= 0.6 is 0 Å². The van der Waals surface area contributed by atoms with Gasteiger partial charge in [-0.3, -0.25) is 4.79 Å². The zero-order valence-corrected chi connectivity index (χ0v) is 12.4. The molecular weight excluding hydrogens is 238 g/mol. The Labute approximate surface area is 117 Å². The summed E-state index contributed by atoms with van der Waals surface area (Å²) in [6, 6.07) is 0. The number of hydrogen-bond donors (Lipinski definition) is 1. The summed E-state index contributed by atoms with van der Waals surface area (Å²) in [5.74, 6) is 1.07. The first-order valence-corrected chi connectivity index (χ1v) is 8.00. The fourth-order valence-electron chi connectivity index (χ4n) is 3.19. The van der Waals surface area contributed by atoms with E-state index >= 15 is 0 Å². The first-order chi connectivity index (χ1) is 9.29. The van der Waals surface area contributed by atoms with Gasteiger partial charge in [-0.25, -0.2) is 0 Å². The molecule has 0 aromatic heterocycles. The van der Waals surface area contributed by atoms with Crippen molar-refractivity contribution in [2.75, 3.05) is 45.8 Å². The molecule has 2 rings (SSSR count). The van der Waals surface area contributed by atoms with Gasteiger partial charge in [0.25, 0.3) is 0 Å². The van der Waals surface area contributed by atoms with Crippen molar-refractivity contribution in [3.05, 3.63) is 0 Å². The van der Waals surface area contributed by atoms with Gasteiger partial charge in [0, 0.05) is 52.2 Å². The normalized spacial score (nSPS) is 25.5. The summed E-state index contributed by atoms with van der Waals surface area (Å²) < 4.78 is 0. The molecule has 1 atom stereocenters. The maximum absolute atomic E-state index is 12.1. The van der Waals surface area contributed by atoms with Gasteiger partial charge in [-0.15, -0.1) is 0 Å². The largest absolute Gasteiger partial charge is 0.342 e. The van der Waals surface area contributed by atoms with E-state index in [-0.39, 0.29) is 0 Å². The lowest BCUT2D eigenvalue weighted by molar-refractivity contribution is -0.133. The van der Waals surface area contributed by atoms with Gasteiger partial charge in [-0.1, -0.05) is 13.3 Å². The molecule has 0 aliphatic carbocycles. The van der Waals surface area contributed by atoms with Crippen LogP contribution in [-0.4, -0.2) is 61.5 Å². The lowest BCUT2D eigenvalue weighted by Gasteiger charge is -2.37. The molecule has 4 nitrogen and oxygen atoms in total. The third-order valence-corrected chi connectivity index (χ3v) is 4.34. The third-order valence-electron chi connectivity index (χ3n) is 4.34. The number of hydrogen-bond acceptors (Lipinski definition) is 3. The fourth-order valence-corrected chi connectivity index (χ4v) is 3.19. The molecule has 0 spiro atoms. The molecule has 0 saturated carbocycles. The molecule has 2 fully saturated rings. The summed E-state index contributed by atoms with van der Waals surface area (Å²) in [6.45, 7) is 9.88. The predicted octanol–water partition coefficient (Wildman–Crippen LogP) is 1.32. The Balaban J connectivity index is 1.74. The quantitative estimate of drug-likeness (QED) is 0.816. The van der Waals surface area contributed by atoms with Crippen LogP contribution in [0.25, 0.3) is 0 Å². The van der Waals surface area contributed by atoms with E-state index < -0.39 is 0 Å². The highest BCUT2D eigenvalue weighted by Crippen LogP contribution is 2.19. The molecule has 2 heterocycles. The molecule has 19 heavy (non-hydrogen) atoms. The van der Waals surface area contributed by atoms with Crippen molar-refractivity contribution in [1.29, 1.82) is 0 Å². The van der Waals surface area contributed by atoms with Crippen molar-refractivity contribution in [3.8, 4) is 0 Å². The van der Waals surface area contributed by atoms with E-state index in [0.717, 1.165) is 45.4 Å². The van der Waals surface area contributed by atoms with E-state index in [1.165, 1.54) is 32.5 Å². The van der Waals surface area contributed by atoms with Crippen molar-refractivity contribution in [1.82, 2.24) is 15.1 Å². The number of unbranched alkanes of at least 4 members (excludes halogenated alkanes) is 1. The number of piperazine rings is 1. The lowest BCUT2D eigenvalue weighted by atomic mass is 9.96. The van der Waals surface area contributed by atoms with Gasteiger partial charge in [-0.05, 0) is 25.2 Å². The van der Waals surface area contributed by atoms with Gasteiger partial charge in [-0.2, -0.15) is 0 Å². The third kappa shape index (κ3) is 4.77. The summed E-state index contributed by atoms with van der Waals surface area (Å²) in [4.78, 5) is 16.8. The lowest BCUT2D eigenvalue weighted by Crippen LogP contribution is -2.48. The van der Waals surface area contributed by atoms with E-state index in [4.69, 9.17) is 0 Å². The number of nitrogens with zero attached hydrogens (tertiary/aromatic N) is 2. The second kappa shape index (κ2) is 7.85. The maximum atomic E-state index is 12.1. The maximum Gasteiger partial charge on any atom is 0.222 e. The van der Waals surface area contributed by atoms with Crippen molar-refractivity contribution in [3.63, 3.8) is 0 Å². The number of carbonyl (C=O) groups excluding carboxylic acids is 1. The Hall–Kier alpha value is -0.610. The van der Waals surface area contributed by atoms with Crippen molar-refractivity contribution in [2.45, 2.75) is 39.0 Å². The second-order valence-corrected chi connectivity index (χ2v) is 6.00. The van der Waals surface area contributed by atoms with E-state index in [0.29, 0.717) is 11.8 Å². The van der Waals surface area contributed by atoms with E-state index in [9.17, 15) is 4.79 Å². The molecule has 2 aliphatic rings. The van der Waals surface area contributed by atoms with E-state index in [1.54, 1.807) is 0 Å². The van der Waals surface area contributed by atoms with Gasteiger partial charge in [0.2, 0.25) is 5.91 Å². The highest BCUT2D eigenvalue weighted by atomic mass is 16.2. The average molecular weight is 267 g/mol. The zero-order valence-electron chi connectivity index (χ0n) is 12.4. The number of rotatable bonds is 5. The summed E-state index contributed by atoms with van der Waals surface area (Å²) in [5.41, 5.74) is 0. The molecule has 1 unspecified atom stereocenters. The molecule has 0 aromatic carbocycles. The first-order valence-electron chi connectivity index (χ1n) is 8.00. The van der Waals surface area contributed by atoms with Crippen LogP contribution in [0.4, 0.5) is 0 Å². The molecule has 2 saturated heterocycles. The van der Waals surface area contributed by atoms with E-state index in [1.807, 2.05) is 0 Å². The fraction of sp³-hybridized carbons (Fsp3) is 0.933. The Kier molecular flexibility index (Phi) is 6.11. The molecule has 4 heteroatoms. The Morgan fingerprint density at radius 2 is 2.05 bits per heavy atom. The van der Waals surface area contributed by atoms with Crippen LogP contribution in [0.15, 0.2) is 0 Å². The first kappa shape index (κ1) is 14.8. The Morgan fingerprint density at radius 3 is 2.79 bits per heavy atom. The van der Waals surface area contributed by atoms with Crippen LogP contribution in [0.3, 0.4) is 0 Å². The number of piperidine rings is 1. The molecule has 1 N–H and O–H groups in total. The van der Waals surface area contributed by atoms with Crippen LogP contribution in [0, 0.1) is 5.92 Å². The van der Waals surface area contributed by atoms with Gasteiger partial charge in [0.05, 0.1) is 0 Å². The average Bonchev–Trinajstić information content (AvgIpc) is 2.46. The van der Waals surface area contributed by atoms with Crippen molar-refractivity contribution >= 4 is 5.91 Å². The molecule has 2 aliphatic heterocycles. The number of likely N-dealkylation sites (tertiary alicyclic amines) is 1. The van der Waals surface area contributed by atoms with Crippen molar-refractivity contribution < 1.29 is 4.79 Å². The predicted molar refractivity (Wildman–Crippen MR) is 78.1 cm³/mol. The summed E-state index contributed by atoms with van der Waals surface area (Å²) >= 11 is 0. The van der Waals surface area contributed by atoms with Crippen LogP contribution in [0.2, 0.25) is 0 Å². The molecule has 0 bridgehead atoms. The topological polar surface area (TPSA) is 35.6 Å². The summed E-state index contributed by atoms with van der Waals surface area (Å²) in [6.07, 6.45) is 5.38. The van der Waals surface area contributed by atoms with Crippen LogP contribution in [0.5, 0.6) is 0 Å². The molecular formula is C15H29N3O. The van der Waals surface area contributed by atoms with Gasteiger partial charge in [0.1, 0.15) is 0 Å².